The fourth-order valence-electron chi connectivity index (χ4n) is 6.48. The van der Waals surface area contributed by atoms with Gasteiger partial charge in [0.1, 0.15) is 5.65 Å². The Bertz CT molecular complexity index is 2430. The molecule has 0 aliphatic rings. The second-order valence-corrected chi connectivity index (χ2v) is 10.3. The largest absolute Gasteiger partial charge is 0.309 e. The number of hydrogen-bond donors (Lipinski definition) is 0. The van der Waals surface area contributed by atoms with Crippen molar-refractivity contribution in [3.63, 3.8) is 0 Å². The fourth-order valence-corrected chi connectivity index (χ4v) is 6.48. The lowest BCUT2D eigenvalue weighted by Crippen LogP contribution is -1.96. The van der Waals surface area contributed by atoms with Crippen molar-refractivity contribution >= 4 is 60.2 Å². The number of fused-ring (bicyclic) bond motifs is 12. The van der Waals surface area contributed by atoms with Gasteiger partial charge in [-0.2, -0.15) is 0 Å². The molecule has 0 amide bonds. The van der Waals surface area contributed by atoms with Crippen molar-refractivity contribution in [3.8, 4) is 16.8 Å². The second kappa shape index (κ2) is 8.01. The molecule has 5 aromatic carbocycles. The molecule has 0 N–H and O–H groups in total. The lowest BCUT2D eigenvalue weighted by Gasteiger charge is -2.12. The maximum atomic E-state index is 5.14. The van der Waals surface area contributed by atoms with E-state index >= 15 is 0 Å². The zero-order valence-electron chi connectivity index (χ0n) is 21.5. The summed E-state index contributed by atoms with van der Waals surface area (Å²) < 4.78 is 4.77. The molecule has 0 spiro atoms. The number of aromatic nitrogens is 4. The Balaban J connectivity index is 1.50. The predicted molar refractivity (Wildman–Crippen MR) is 165 cm³/mol. The molecule has 4 nitrogen and oxygen atoms in total. The second-order valence-electron chi connectivity index (χ2n) is 10.3. The molecule has 0 radical (unpaired) electrons. The summed E-state index contributed by atoms with van der Waals surface area (Å²) in [6, 6.07) is 43.3. The number of benzene rings is 5. The van der Waals surface area contributed by atoms with Gasteiger partial charge in [0.25, 0.3) is 0 Å². The van der Waals surface area contributed by atoms with Gasteiger partial charge in [-0.15, -0.1) is 0 Å². The number of imidazole rings is 1. The average molecular weight is 511 g/mol. The maximum Gasteiger partial charge on any atom is 0.146 e. The van der Waals surface area contributed by atoms with Crippen LogP contribution in [0.5, 0.6) is 0 Å². The predicted octanol–water partition coefficient (Wildman–Crippen LogP) is 8.95. The van der Waals surface area contributed by atoms with E-state index < -0.39 is 0 Å². The van der Waals surface area contributed by atoms with Crippen molar-refractivity contribution in [2.75, 3.05) is 0 Å². The lowest BCUT2D eigenvalue weighted by molar-refractivity contribution is 1.18. The minimum absolute atomic E-state index is 0.994. The summed E-state index contributed by atoms with van der Waals surface area (Å²) in [6.07, 6.45) is 3.69. The first-order chi connectivity index (χ1) is 19.9. The normalized spacial score (nSPS) is 12.0. The number of hydrogen-bond acceptors (Lipinski definition) is 2. The monoisotopic (exact) mass is 510 g/mol. The SMILES string of the molecule is c1cc(-c2ccncc2)cc(-n2c3ccccc3c3c2ccc2c4ccccc4c4nc5ccccc5n4c23)c1. The summed E-state index contributed by atoms with van der Waals surface area (Å²) in [4.78, 5) is 9.35. The molecule has 9 rings (SSSR count). The van der Waals surface area contributed by atoms with E-state index in [-0.39, 0.29) is 0 Å². The van der Waals surface area contributed by atoms with Crippen LogP contribution in [0.4, 0.5) is 0 Å². The molecule has 0 aliphatic carbocycles. The molecular formula is C36H22N4. The molecule has 4 heteroatoms. The average Bonchev–Trinajstić information content (AvgIpc) is 3.58. The summed E-state index contributed by atoms with van der Waals surface area (Å²) >= 11 is 0. The molecule has 4 heterocycles. The zero-order valence-corrected chi connectivity index (χ0v) is 21.5. The van der Waals surface area contributed by atoms with Crippen LogP contribution in [-0.4, -0.2) is 18.9 Å². The molecule has 0 saturated heterocycles. The molecular weight excluding hydrogens is 488 g/mol. The Morgan fingerprint density at radius 1 is 0.500 bits per heavy atom. The zero-order chi connectivity index (χ0) is 26.2. The van der Waals surface area contributed by atoms with Crippen molar-refractivity contribution in [1.82, 2.24) is 18.9 Å². The van der Waals surface area contributed by atoms with Crippen LogP contribution in [0.3, 0.4) is 0 Å². The number of rotatable bonds is 2. The van der Waals surface area contributed by atoms with Gasteiger partial charge in [-0.3, -0.25) is 9.38 Å². The maximum absolute atomic E-state index is 5.14. The van der Waals surface area contributed by atoms with Crippen LogP contribution in [0.1, 0.15) is 0 Å². The van der Waals surface area contributed by atoms with Crippen molar-refractivity contribution in [1.29, 1.82) is 0 Å². The minimum atomic E-state index is 0.994. The number of pyridine rings is 2. The van der Waals surface area contributed by atoms with E-state index in [9.17, 15) is 0 Å². The van der Waals surface area contributed by atoms with Crippen LogP contribution < -0.4 is 0 Å². The van der Waals surface area contributed by atoms with E-state index in [1.807, 2.05) is 12.4 Å². The highest BCUT2D eigenvalue weighted by molar-refractivity contribution is 6.26. The van der Waals surface area contributed by atoms with Crippen LogP contribution in [0.2, 0.25) is 0 Å². The van der Waals surface area contributed by atoms with E-state index in [1.54, 1.807) is 0 Å². The summed E-state index contributed by atoms with van der Waals surface area (Å²) in [5.74, 6) is 0. The van der Waals surface area contributed by atoms with Gasteiger partial charge in [0.05, 0.1) is 27.6 Å². The summed E-state index contributed by atoms with van der Waals surface area (Å²) in [5.41, 5.74) is 10.1. The Morgan fingerprint density at radius 2 is 1.25 bits per heavy atom. The minimum Gasteiger partial charge on any atom is -0.309 e. The van der Waals surface area contributed by atoms with Gasteiger partial charge in [-0.05, 0) is 65.0 Å². The first-order valence-corrected chi connectivity index (χ1v) is 13.5. The molecule has 40 heavy (non-hydrogen) atoms. The van der Waals surface area contributed by atoms with Crippen LogP contribution in [-0.2, 0) is 0 Å². The van der Waals surface area contributed by atoms with Crippen molar-refractivity contribution < 1.29 is 0 Å². The van der Waals surface area contributed by atoms with E-state index in [1.165, 1.54) is 49.0 Å². The molecule has 0 bridgehead atoms. The van der Waals surface area contributed by atoms with Crippen LogP contribution >= 0.6 is 0 Å². The summed E-state index contributed by atoms with van der Waals surface area (Å²) in [6.45, 7) is 0. The Hall–Kier alpha value is -5.48. The highest BCUT2D eigenvalue weighted by atomic mass is 15.0. The topological polar surface area (TPSA) is 35.1 Å². The van der Waals surface area contributed by atoms with E-state index in [2.05, 4.69) is 135 Å². The first-order valence-electron chi connectivity index (χ1n) is 13.5. The molecule has 186 valence electrons. The standard InChI is InChI=1S/C36H22N4/c1-2-11-28-26(10-1)27-16-17-33-34(35(27)40-32-15-6-4-13-30(32)38-36(28)40)29-12-3-5-14-31(29)39(33)25-9-7-8-24(22-25)23-18-20-37-21-19-23/h1-22H. The van der Waals surface area contributed by atoms with E-state index in [0.717, 1.165) is 27.9 Å². The fraction of sp³-hybridized carbons (Fsp3) is 0. The molecule has 0 unspecified atom stereocenters. The Kier molecular flexibility index (Phi) is 4.30. The summed E-state index contributed by atoms with van der Waals surface area (Å²) in [7, 11) is 0. The van der Waals surface area contributed by atoms with Crippen molar-refractivity contribution in [2.24, 2.45) is 0 Å². The van der Waals surface area contributed by atoms with Crippen LogP contribution in [0.15, 0.2) is 134 Å². The van der Waals surface area contributed by atoms with Gasteiger partial charge in [0, 0.05) is 39.6 Å². The van der Waals surface area contributed by atoms with Gasteiger partial charge in [-0.1, -0.05) is 72.8 Å². The van der Waals surface area contributed by atoms with E-state index in [0.29, 0.717) is 0 Å². The highest BCUT2D eigenvalue weighted by Crippen LogP contribution is 2.41. The molecule has 0 fully saturated rings. The van der Waals surface area contributed by atoms with Crippen molar-refractivity contribution in [3.05, 3.63) is 134 Å². The Morgan fingerprint density at radius 3 is 2.12 bits per heavy atom. The third-order valence-corrected chi connectivity index (χ3v) is 8.17. The molecule has 0 saturated carbocycles. The summed E-state index contributed by atoms with van der Waals surface area (Å²) in [5, 5.41) is 6.08. The van der Waals surface area contributed by atoms with Gasteiger partial charge in [-0.25, -0.2) is 4.98 Å². The first kappa shape index (κ1) is 21.5. The molecule has 9 aromatic rings. The van der Waals surface area contributed by atoms with E-state index in [4.69, 9.17) is 4.98 Å². The van der Waals surface area contributed by atoms with Gasteiger partial charge in [0.2, 0.25) is 0 Å². The Labute approximate surface area is 229 Å². The highest BCUT2D eigenvalue weighted by Gasteiger charge is 2.20. The van der Waals surface area contributed by atoms with Gasteiger partial charge >= 0.3 is 0 Å². The smallest absolute Gasteiger partial charge is 0.146 e. The number of para-hydroxylation sites is 3. The van der Waals surface area contributed by atoms with Gasteiger partial charge in [0.15, 0.2) is 0 Å². The van der Waals surface area contributed by atoms with Crippen molar-refractivity contribution in [2.45, 2.75) is 0 Å². The quantitative estimate of drug-likeness (QED) is 0.218. The van der Waals surface area contributed by atoms with Crippen LogP contribution in [0, 0.1) is 0 Å². The van der Waals surface area contributed by atoms with Gasteiger partial charge < -0.3 is 4.57 Å². The third-order valence-electron chi connectivity index (χ3n) is 8.17. The van der Waals surface area contributed by atoms with Crippen LogP contribution in [0.25, 0.3) is 77.0 Å². The molecule has 0 atom stereocenters. The number of nitrogens with zero attached hydrogens (tertiary/aromatic N) is 4. The molecule has 4 aromatic heterocycles. The lowest BCUT2D eigenvalue weighted by atomic mass is 10.0. The third kappa shape index (κ3) is 2.85. The molecule has 0 aliphatic heterocycles.